The Balaban J connectivity index is 1.12. The van der Waals surface area contributed by atoms with Gasteiger partial charge in [0.2, 0.25) is 0 Å². The van der Waals surface area contributed by atoms with Crippen LogP contribution in [0.15, 0.2) is 109 Å². The van der Waals surface area contributed by atoms with Crippen molar-refractivity contribution in [1.82, 2.24) is 9.97 Å². The number of anilines is 2. The summed E-state index contributed by atoms with van der Waals surface area (Å²) >= 11 is 0. The Morgan fingerprint density at radius 3 is 2.22 bits per heavy atom. The van der Waals surface area contributed by atoms with Crippen molar-refractivity contribution in [2.75, 3.05) is 18.2 Å². The van der Waals surface area contributed by atoms with Crippen molar-refractivity contribution in [3.05, 3.63) is 143 Å². The lowest BCUT2D eigenvalue weighted by Crippen LogP contribution is -2.33. The van der Waals surface area contributed by atoms with Crippen LogP contribution in [0.4, 0.5) is 11.4 Å². The van der Waals surface area contributed by atoms with E-state index in [1.54, 1.807) is 30.3 Å². The van der Waals surface area contributed by atoms with Crippen LogP contribution in [0.1, 0.15) is 51.5 Å². The number of ketones is 1. The highest BCUT2D eigenvalue weighted by Gasteiger charge is 2.23. The molecule has 5 aromatic carbocycles. The molecule has 0 radical (unpaired) electrons. The summed E-state index contributed by atoms with van der Waals surface area (Å²) in [7, 11) is 1.35. The number of aromatic nitrogens is 2. The zero-order chi connectivity index (χ0) is 34.5. The fraction of sp³-hybridized carbons (Fsp3) is 0.175. The second-order valence-corrected chi connectivity index (χ2v) is 11.9. The van der Waals surface area contributed by atoms with Gasteiger partial charge in [-0.2, -0.15) is 0 Å². The van der Waals surface area contributed by atoms with E-state index in [0.29, 0.717) is 40.6 Å². The van der Waals surface area contributed by atoms with Crippen molar-refractivity contribution in [1.29, 1.82) is 0 Å². The smallest absolute Gasteiger partial charge is 0.328 e. The number of methoxy groups -OCH3 is 1. The van der Waals surface area contributed by atoms with E-state index in [9.17, 15) is 9.59 Å². The minimum atomic E-state index is -0.724. The van der Waals surface area contributed by atoms with Crippen molar-refractivity contribution in [3.8, 4) is 17.2 Å². The minimum Gasteiger partial charge on any atom is -0.483 e. The standard InChI is InChI=1S/C40H38N4O5/c1-24-20-31(21-25(2)37(24)41)49-30-18-19-34-35(23-30)44-39(43-34)26(3)48-29-16-14-27(15-17-29)22-36(40(46)47-4)42-33-13-9-8-12-32(33)38(45)28-10-6-5-7-11-28/h5-21,23,26,36,42H,22,41H2,1-4H3,(H,43,44)/t26?,36-/m0/s1. The molecule has 1 aromatic heterocycles. The Morgan fingerprint density at radius 2 is 1.51 bits per heavy atom. The Hall–Kier alpha value is -6.09. The summed E-state index contributed by atoms with van der Waals surface area (Å²) in [6.07, 6.45) is -0.0343. The molecular weight excluding hydrogens is 616 g/mol. The summed E-state index contributed by atoms with van der Waals surface area (Å²) in [5.74, 6) is 2.16. The second-order valence-electron chi connectivity index (χ2n) is 11.9. The maximum absolute atomic E-state index is 13.3. The predicted molar refractivity (Wildman–Crippen MR) is 191 cm³/mol. The monoisotopic (exact) mass is 654 g/mol. The van der Waals surface area contributed by atoms with Gasteiger partial charge in [-0.3, -0.25) is 4.79 Å². The SMILES string of the molecule is COC(=O)[C@H](Cc1ccc(OC(C)c2nc3ccc(Oc4cc(C)c(N)c(C)c4)cc3[nH]2)cc1)Nc1ccccc1C(=O)c1ccccc1. The average molecular weight is 655 g/mol. The Morgan fingerprint density at radius 1 is 0.837 bits per heavy atom. The highest BCUT2D eigenvalue weighted by molar-refractivity contribution is 6.12. The van der Waals surface area contributed by atoms with Gasteiger partial charge >= 0.3 is 5.97 Å². The van der Waals surface area contributed by atoms with Crippen LogP contribution in [0.5, 0.6) is 17.2 Å². The molecule has 0 aliphatic rings. The number of carbonyl (C=O) groups is 2. The summed E-state index contributed by atoms with van der Waals surface area (Å²) in [6.45, 7) is 5.85. The predicted octanol–water partition coefficient (Wildman–Crippen LogP) is 8.12. The number of ether oxygens (including phenoxy) is 3. The lowest BCUT2D eigenvalue weighted by atomic mass is 10.00. The molecule has 6 rings (SSSR count). The normalized spacial score (nSPS) is 12.2. The third kappa shape index (κ3) is 7.57. The van der Waals surface area contributed by atoms with Gasteiger partial charge in [0.1, 0.15) is 29.1 Å². The van der Waals surface area contributed by atoms with Gasteiger partial charge in [-0.1, -0.05) is 54.6 Å². The van der Waals surface area contributed by atoms with Crippen LogP contribution < -0.4 is 20.5 Å². The van der Waals surface area contributed by atoms with Crippen LogP contribution in [0, 0.1) is 13.8 Å². The van der Waals surface area contributed by atoms with E-state index < -0.39 is 12.0 Å². The second kappa shape index (κ2) is 14.4. The first-order valence-electron chi connectivity index (χ1n) is 16.0. The summed E-state index contributed by atoms with van der Waals surface area (Å²) in [4.78, 5) is 34.2. The zero-order valence-corrected chi connectivity index (χ0v) is 27.8. The molecule has 0 fully saturated rings. The quantitative estimate of drug-likeness (QED) is 0.0686. The van der Waals surface area contributed by atoms with Gasteiger partial charge in [0, 0.05) is 35.0 Å². The number of nitrogens with one attached hydrogen (secondary N) is 2. The van der Waals surface area contributed by atoms with E-state index in [2.05, 4.69) is 10.3 Å². The van der Waals surface area contributed by atoms with Crippen molar-refractivity contribution in [2.24, 2.45) is 0 Å². The molecule has 0 saturated heterocycles. The molecule has 0 amide bonds. The number of nitrogen functional groups attached to an aromatic ring is 1. The van der Waals surface area contributed by atoms with Crippen LogP contribution >= 0.6 is 0 Å². The molecule has 1 heterocycles. The molecule has 9 heteroatoms. The van der Waals surface area contributed by atoms with Gasteiger partial charge in [0.05, 0.1) is 18.1 Å². The number of carbonyl (C=O) groups excluding carboxylic acids is 2. The molecule has 0 aliphatic heterocycles. The molecule has 1 unspecified atom stereocenters. The number of nitrogens with two attached hydrogens (primary N) is 1. The van der Waals surface area contributed by atoms with E-state index in [1.165, 1.54) is 7.11 Å². The van der Waals surface area contributed by atoms with E-state index in [0.717, 1.165) is 39.2 Å². The Bertz CT molecular complexity index is 2080. The first-order valence-corrected chi connectivity index (χ1v) is 16.0. The zero-order valence-electron chi connectivity index (χ0n) is 27.8. The van der Waals surface area contributed by atoms with Gasteiger partial charge in [-0.15, -0.1) is 0 Å². The van der Waals surface area contributed by atoms with Gasteiger partial charge < -0.3 is 30.2 Å². The molecule has 2 atom stereocenters. The van der Waals surface area contributed by atoms with Crippen LogP contribution in [0.3, 0.4) is 0 Å². The number of hydrogen-bond donors (Lipinski definition) is 3. The summed E-state index contributed by atoms with van der Waals surface area (Å²) in [6, 6.07) is 32.6. The largest absolute Gasteiger partial charge is 0.483 e. The number of rotatable bonds is 12. The van der Waals surface area contributed by atoms with E-state index in [-0.39, 0.29) is 11.9 Å². The number of imidazole rings is 1. The fourth-order valence-electron chi connectivity index (χ4n) is 5.67. The Labute approximate surface area is 285 Å². The third-order valence-electron chi connectivity index (χ3n) is 8.36. The number of esters is 1. The number of para-hydroxylation sites is 1. The lowest BCUT2D eigenvalue weighted by Gasteiger charge is -2.20. The van der Waals surface area contributed by atoms with Crippen LogP contribution in [-0.2, 0) is 16.0 Å². The van der Waals surface area contributed by atoms with Gasteiger partial charge in [-0.25, -0.2) is 9.78 Å². The number of benzene rings is 5. The molecule has 6 aromatic rings. The maximum atomic E-state index is 13.3. The topological polar surface area (TPSA) is 129 Å². The molecule has 0 spiro atoms. The first-order chi connectivity index (χ1) is 23.7. The number of fused-ring (bicyclic) bond motifs is 1. The van der Waals surface area contributed by atoms with Crippen LogP contribution in [-0.4, -0.2) is 34.9 Å². The number of aromatic amines is 1. The number of H-pyrrole nitrogens is 1. The molecule has 0 saturated carbocycles. The highest BCUT2D eigenvalue weighted by Crippen LogP contribution is 2.30. The van der Waals surface area contributed by atoms with Crippen LogP contribution in [0.25, 0.3) is 11.0 Å². The molecular formula is C40H38N4O5. The van der Waals surface area contributed by atoms with Crippen molar-refractivity contribution >= 4 is 34.2 Å². The first kappa shape index (κ1) is 32.8. The molecule has 9 nitrogen and oxygen atoms in total. The molecule has 248 valence electrons. The van der Waals surface area contributed by atoms with E-state index in [4.69, 9.17) is 24.9 Å². The maximum Gasteiger partial charge on any atom is 0.328 e. The molecule has 4 N–H and O–H groups in total. The van der Waals surface area contributed by atoms with Crippen molar-refractivity contribution in [2.45, 2.75) is 39.3 Å². The van der Waals surface area contributed by atoms with Crippen molar-refractivity contribution < 1.29 is 23.8 Å². The lowest BCUT2D eigenvalue weighted by molar-refractivity contribution is -0.141. The number of aryl methyl sites for hydroxylation is 2. The van der Waals surface area contributed by atoms with Gasteiger partial charge in [0.15, 0.2) is 11.9 Å². The molecule has 0 aliphatic carbocycles. The molecule has 49 heavy (non-hydrogen) atoms. The molecule has 0 bridgehead atoms. The number of nitrogens with zero attached hydrogens (tertiary/aromatic N) is 1. The number of hydrogen-bond acceptors (Lipinski definition) is 8. The minimum absolute atomic E-state index is 0.135. The van der Waals surface area contributed by atoms with Gasteiger partial charge in [0.25, 0.3) is 0 Å². The average Bonchev–Trinajstić information content (AvgIpc) is 3.55. The Kier molecular flexibility index (Phi) is 9.62. The van der Waals surface area contributed by atoms with Gasteiger partial charge in [-0.05, 0) is 86.0 Å². The third-order valence-corrected chi connectivity index (χ3v) is 8.36. The van der Waals surface area contributed by atoms with E-state index >= 15 is 0 Å². The highest BCUT2D eigenvalue weighted by atomic mass is 16.5. The fourth-order valence-corrected chi connectivity index (χ4v) is 5.67. The summed E-state index contributed by atoms with van der Waals surface area (Å²) < 4.78 is 17.4. The van der Waals surface area contributed by atoms with E-state index in [1.807, 2.05) is 99.6 Å². The summed E-state index contributed by atoms with van der Waals surface area (Å²) in [5.41, 5.74) is 12.9. The van der Waals surface area contributed by atoms with Crippen LogP contribution in [0.2, 0.25) is 0 Å². The summed E-state index contributed by atoms with van der Waals surface area (Å²) in [5, 5.41) is 3.25. The van der Waals surface area contributed by atoms with Crippen molar-refractivity contribution in [3.63, 3.8) is 0 Å².